The number of ether oxygens (including phenoxy) is 1. The van der Waals surface area contributed by atoms with Crippen LogP contribution in [0.5, 0.6) is 0 Å². The first-order chi connectivity index (χ1) is 11.5. The van der Waals surface area contributed by atoms with E-state index in [4.69, 9.17) is 4.74 Å². The van der Waals surface area contributed by atoms with E-state index in [1.165, 1.54) is 6.08 Å². The van der Waals surface area contributed by atoms with E-state index in [1.807, 2.05) is 38.1 Å². The van der Waals surface area contributed by atoms with E-state index < -0.39 is 5.54 Å². The summed E-state index contributed by atoms with van der Waals surface area (Å²) < 4.78 is 5.66. The Morgan fingerprint density at radius 3 is 2.08 bits per heavy atom. The van der Waals surface area contributed by atoms with Crippen molar-refractivity contribution in [2.45, 2.75) is 19.4 Å². The van der Waals surface area contributed by atoms with Crippen molar-refractivity contribution in [1.29, 1.82) is 0 Å². The molecule has 1 fully saturated rings. The molecule has 3 rings (SSSR count). The summed E-state index contributed by atoms with van der Waals surface area (Å²) in [5.41, 5.74) is 0.606. The molecule has 0 radical (unpaired) electrons. The molecule has 0 atom stereocenters. The number of benzene rings is 2. The Kier molecular flexibility index (Phi) is 4.21. The Hall–Kier alpha value is -2.88. The Balaban J connectivity index is 1.94. The minimum absolute atomic E-state index is 0.176. The van der Waals surface area contributed by atoms with Gasteiger partial charge in [0.25, 0.3) is 5.91 Å². The highest BCUT2D eigenvalue weighted by Crippen LogP contribution is 2.31. The van der Waals surface area contributed by atoms with Gasteiger partial charge in [-0.2, -0.15) is 0 Å². The maximum absolute atomic E-state index is 12.9. The van der Waals surface area contributed by atoms with Gasteiger partial charge in [0.15, 0.2) is 5.78 Å². The lowest BCUT2D eigenvalue weighted by Gasteiger charge is -2.28. The predicted molar refractivity (Wildman–Crippen MR) is 91.5 cm³/mol. The molecule has 4 heteroatoms. The standard InChI is InChI=1S/C20H19NO3/c1-20(2)14-24-18(13-17(22)15-9-5-3-6-10-15)21(20)19(23)16-11-7-4-8-12-16/h3-13H,14H2,1-2H3/b18-13+. The summed E-state index contributed by atoms with van der Waals surface area (Å²) in [6.45, 7) is 4.18. The molecular formula is C20H19NO3. The largest absolute Gasteiger partial charge is 0.476 e. The molecule has 0 N–H and O–H groups in total. The molecule has 1 saturated heterocycles. The van der Waals surface area contributed by atoms with E-state index in [2.05, 4.69) is 0 Å². The van der Waals surface area contributed by atoms with Crippen LogP contribution in [-0.2, 0) is 4.74 Å². The summed E-state index contributed by atoms with van der Waals surface area (Å²) in [4.78, 5) is 26.9. The second kappa shape index (κ2) is 6.32. The molecule has 24 heavy (non-hydrogen) atoms. The van der Waals surface area contributed by atoms with Gasteiger partial charge >= 0.3 is 0 Å². The second-order valence-electron chi connectivity index (χ2n) is 6.32. The Labute approximate surface area is 141 Å². The predicted octanol–water partition coefficient (Wildman–Crippen LogP) is 3.66. The normalized spacial score (nSPS) is 17.6. The fourth-order valence-electron chi connectivity index (χ4n) is 2.67. The van der Waals surface area contributed by atoms with Gasteiger partial charge in [-0.05, 0) is 26.0 Å². The van der Waals surface area contributed by atoms with Crippen LogP contribution in [0.25, 0.3) is 0 Å². The number of rotatable bonds is 3. The molecule has 0 unspecified atom stereocenters. The minimum atomic E-state index is -0.518. The Morgan fingerprint density at radius 1 is 0.958 bits per heavy atom. The zero-order valence-corrected chi connectivity index (χ0v) is 13.7. The molecule has 1 heterocycles. The van der Waals surface area contributed by atoms with Crippen LogP contribution in [-0.4, -0.2) is 28.7 Å². The highest BCUT2D eigenvalue weighted by atomic mass is 16.5. The lowest BCUT2D eigenvalue weighted by molar-refractivity contribution is 0.0709. The molecule has 0 spiro atoms. The number of carbonyl (C=O) groups excluding carboxylic acids is 2. The lowest BCUT2D eigenvalue weighted by atomic mass is 10.0. The van der Waals surface area contributed by atoms with Crippen molar-refractivity contribution in [1.82, 2.24) is 4.90 Å². The van der Waals surface area contributed by atoms with Crippen LogP contribution < -0.4 is 0 Å². The first-order valence-corrected chi connectivity index (χ1v) is 7.82. The molecule has 0 aromatic heterocycles. The molecule has 2 aromatic rings. The maximum Gasteiger partial charge on any atom is 0.261 e. The van der Waals surface area contributed by atoms with Gasteiger partial charge in [0.1, 0.15) is 6.61 Å². The van der Waals surface area contributed by atoms with Crippen LogP contribution in [0.4, 0.5) is 0 Å². The average Bonchev–Trinajstić information content (AvgIpc) is 2.90. The molecule has 122 valence electrons. The summed E-state index contributed by atoms with van der Waals surface area (Å²) in [5.74, 6) is -0.0675. The molecule has 1 aliphatic heterocycles. The number of allylic oxidation sites excluding steroid dienone is 1. The van der Waals surface area contributed by atoms with Crippen LogP contribution in [0, 0.1) is 0 Å². The quantitative estimate of drug-likeness (QED) is 0.640. The molecule has 1 amide bonds. The van der Waals surface area contributed by atoms with Crippen LogP contribution in [0.15, 0.2) is 72.6 Å². The van der Waals surface area contributed by atoms with Gasteiger partial charge in [0.2, 0.25) is 5.88 Å². The monoisotopic (exact) mass is 321 g/mol. The van der Waals surface area contributed by atoms with Crippen LogP contribution in [0.2, 0.25) is 0 Å². The van der Waals surface area contributed by atoms with Crippen molar-refractivity contribution in [3.8, 4) is 0 Å². The van der Waals surface area contributed by atoms with Crippen molar-refractivity contribution < 1.29 is 14.3 Å². The van der Waals surface area contributed by atoms with E-state index in [0.29, 0.717) is 23.6 Å². The number of hydrogen-bond donors (Lipinski definition) is 0. The third kappa shape index (κ3) is 3.08. The smallest absolute Gasteiger partial charge is 0.261 e. The zero-order chi connectivity index (χ0) is 17.2. The highest BCUT2D eigenvalue weighted by molar-refractivity contribution is 6.05. The molecule has 0 saturated carbocycles. The topological polar surface area (TPSA) is 46.6 Å². The van der Waals surface area contributed by atoms with Gasteiger partial charge in [-0.3, -0.25) is 14.5 Å². The van der Waals surface area contributed by atoms with Crippen LogP contribution in [0.3, 0.4) is 0 Å². The number of carbonyl (C=O) groups is 2. The molecular weight excluding hydrogens is 302 g/mol. The van der Waals surface area contributed by atoms with Crippen molar-refractivity contribution in [3.05, 3.63) is 83.7 Å². The van der Waals surface area contributed by atoms with E-state index >= 15 is 0 Å². The molecule has 0 bridgehead atoms. The van der Waals surface area contributed by atoms with Crippen molar-refractivity contribution in [3.63, 3.8) is 0 Å². The minimum Gasteiger partial charge on any atom is -0.476 e. The third-order valence-corrected chi connectivity index (χ3v) is 3.94. The van der Waals surface area contributed by atoms with Gasteiger partial charge in [0, 0.05) is 17.2 Å². The van der Waals surface area contributed by atoms with Crippen LogP contribution in [0.1, 0.15) is 34.6 Å². The molecule has 4 nitrogen and oxygen atoms in total. The Morgan fingerprint density at radius 2 is 1.50 bits per heavy atom. The molecule has 1 aliphatic rings. The number of ketones is 1. The lowest BCUT2D eigenvalue weighted by Crippen LogP contribution is -2.43. The summed E-state index contributed by atoms with van der Waals surface area (Å²) in [6.07, 6.45) is 1.39. The summed E-state index contributed by atoms with van der Waals surface area (Å²) in [6, 6.07) is 17.9. The fraction of sp³-hybridized carbons (Fsp3) is 0.200. The first kappa shape index (κ1) is 16.0. The third-order valence-electron chi connectivity index (χ3n) is 3.94. The van der Waals surface area contributed by atoms with E-state index in [0.717, 1.165) is 0 Å². The fourth-order valence-corrected chi connectivity index (χ4v) is 2.67. The van der Waals surface area contributed by atoms with Gasteiger partial charge in [-0.15, -0.1) is 0 Å². The number of nitrogens with zero attached hydrogens (tertiary/aromatic N) is 1. The zero-order valence-electron chi connectivity index (χ0n) is 13.7. The first-order valence-electron chi connectivity index (χ1n) is 7.82. The number of hydrogen-bond acceptors (Lipinski definition) is 3. The van der Waals surface area contributed by atoms with E-state index in [-0.39, 0.29) is 11.7 Å². The van der Waals surface area contributed by atoms with Gasteiger partial charge in [-0.25, -0.2) is 0 Å². The second-order valence-corrected chi connectivity index (χ2v) is 6.32. The van der Waals surface area contributed by atoms with Gasteiger partial charge in [0.05, 0.1) is 5.54 Å². The molecule has 0 aliphatic carbocycles. The van der Waals surface area contributed by atoms with Crippen molar-refractivity contribution in [2.24, 2.45) is 0 Å². The maximum atomic E-state index is 12.9. The van der Waals surface area contributed by atoms with Gasteiger partial charge in [-0.1, -0.05) is 48.5 Å². The Bertz CT molecular complexity index is 779. The number of amides is 1. The summed E-state index contributed by atoms with van der Waals surface area (Å²) in [7, 11) is 0. The van der Waals surface area contributed by atoms with Crippen LogP contribution >= 0.6 is 0 Å². The SMILES string of the molecule is CC1(C)CO/C(=C/C(=O)c2ccccc2)N1C(=O)c1ccccc1. The average molecular weight is 321 g/mol. The van der Waals surface area contributed by atoms with Crippen molar-refractivity contribution >= 4 is 11.7 Å². The highest BCUT2D eigenvalue weighted by Gasteiger charge is 2.42. The summed E-state index contributed by atoms with van der Waals surface area (Å²) in [5, 5.41) is 0. The van der Waals surface area contributed by atoms with Crippen molar-refractivity contribution in [2.75, 3.05) is 6.61 Å². The summed E-state index contributed by atoms with van der Waals surface area (Å²) >= 11 is 0. The van der Waals surface area contributed by atoms with E-state index in [9.17, 15) is 9.59 Å². The van der Waals surface area contributed by atoms with Gasteiger partial charge < -0.3 is 4.74 Å². The van der Waals surface area contributed by atoms with E-state index in [1.54, 1.807) is 41.3 Å². The molecule has 2 aromatic carbocycles.